The third-order valence-electron chi connectivity index (χ3n) is 4.40. The van der Waals surface area contributed by atoms with Crippen LogP contribution in [0.2, 0.25) is 0 Å². The average Bonchev–Trinajstić information content (AvgIpc) is 3.25. The standard InChI is InChI=1S/C17H19N3O4S/c18-17-19-8-15(25-17)16(21)20-10-1-3-11(4-2-10)24-12-5-6-13-14(7-12)23-9-22-13/h5-8,10-11H,1-4,9H2,(H2,18,19)(H,20,21). The molecule has 0 atom stereocenters. The topological polar surface area (TPSA) is 95.7 Å². The van der Waals surface area contributed by atoms with Gasteiger partial charge in [-0.2, -0.15) is 0 Å². The van der Waals surface area contributed by atoms with Crippen LogP contribution in [-0.2, 0) is 0 Å². The number of nitrogens with two attached hydrogens (primary N) is 1. The van der Waals surface area contributed by atoms with Gasteiger partial charge in [0, 0.05) is 12.1 Å². The summed E-state index contributed by atoms with van der Waals surface area (Å²) in [7, 11) is 0. The Kier molecular flexibility index (Phi) is 4.35. The normalized spacial score (nSPS) is 21.8. The third-order valence-corrected chi connectivity index (χ3v) is 5.23. The third kappa shape index (κ3) is 3.63. The SMILES string of the molecule is Nc1ncc(C(=O)NC2CCC(Oc3ccc4c(c3)OCO4)CC2)s1. The fourth-order valence-electron chi connectivity index (χ4n) is 3.12. The molecule has 8 heteroatoms. The molecule has 1 amide bonds. The molecule has 132 valence electrons. The van der Waals surface area contributed by atoms with E-state index >= 15 is 0 Å². The summed E-state index contributed by atoms with van der Waals surface area (Å²) < 4.78 is 16.7. The molecule has 1 aromatic carbocycles. The van der Waals surface area contributed by atoms with Crippen LogP contribution >= 0.6 is 11.3 Å². The van der Waals surface area contributed by atoms with Crippen LogP contribution in [0, 0.1) is 0 Å². The zero-order chi connectivity index (χ0) is 17.2. The Morgan fingerprint density at radius 2 is 2.04 bits per heavy atom. The van der Waals surface area contributed by atoms with Gasteiger partial charge < -0.3 is 25.3 Å². The minimum Gasteiger partial charge on any atom is -0.490 e. The minimum atomic E-state index is -0.102. The average molecular weight is 361 g/mol. The molecular weight excluding hydrogens is 342 g/mol. The Hall–Kier alpha value is -2.48. The first-order valence-electron chi connectivity index (χ1n) is 8.26. The van der Waals surface area contributed by atoms with Crippen molar-refractivity contribution in [3.8, 4) is 17.2 Å². The molecule has 3 N–H and O–H groups in total. The Bertz CT molecular complexity index is 771. The van der Waals surface area contributed by atoms with Gasteiger partial charge in [0.25, 0.3) is 5.91 Å². The van der Waals surface area contributed by atoms with E-state index in [1.54, 1.807) is 0 Å². The Labute approximate surface area is 149 Å². The lowest BCUT2D eigenvalue weighted by atomic mass is 9.93. The molecule has 4 rings (SSSR count). The maximum atomic E-state index is 12.2. The number of nitrogens with zero attached hydrogens (tertiary/aromatic N) is 1. The van der Waals surface area contributed by atoms with Gasteiger partial charge in [-0.3, -0.25) is 4.79 Å². The number of amides is 1. The number of carbonyl (C=O) groups is 1. The Balaban J connectivity index is 1.27. The predicted octanol–water partition coefficient (Wildman–Crippen LogP) is 2.57. The zero-order valence-corrected chi connectivity index (χ0v) is 14.4. The van der Waals surface area contributed by atoms with Crippen molar-refractivity contribution in [1.29, 1.82) is 0 Å². The van der Waals surface area contributed by atoms with Gasteiger partial charge in [-0.25, -0.2) is 4.98 Å². The highest BCUT2D eigenvalue weighted by Crippen LogP contribution is 2.36. The number of hydrogen-bond donors (Lipinski definition) is 2. The predicted molar refractivity (Wildman–Crippen MR) is 93.2 cm³/mol. The molecule has 1 fully saturated rings. The fraction of sp³-hybridized carbons (Fsp3) is 0.412. The summed E-state index contributed by atoms with van der Waals surface area (Å²) in [5.74, 6) is 2.16. The molecule has 1 saturated carbocycles. The quantitative estimate of drug-likeness (QED) is 0.869. The van der Waals surface area contributed by atoms with Crippen molar-refractivity contribution in [3.63, 3.8) is 0 Å². The van der Waals surface area contributed by atoms with Crippen molar-refractivity contribution in [2.75, 3.05) is 12.5 Å². The van der Waals surface area contributed by atoms with Crippen molar-refractivity contribution in [2.45, 2.75) is 37.8 Å². The molecule has 25 heavy (non-hydrogen) atoms. The van der Waals surface area contributed by atoms with E-state index in [0.717, 1.165) is 42.9 Å². The van der Waals surface area contributed by atoms with Gasteiger partial charge in [0.1, 0.15) is 10.6 Å². The van der Waals surface area contributed by atoms with Crippen LogP contribution in [0.5, 0.6) is 17.2 Å². The van der Waals surface area contributed by atoms with Crippen LogP contribution in [-0.4, -0.2) is 29.8 Å². The van der Waals surface area contributed by atoms with E-state index in [4.69, 9.17) is 19.9 Å². The largest absolute Gasteiger partial charge is 0.490 e. The van der Waals surface area contributed by atoms with Gasteiger partial charge in [-0.05, 0) is 37.8 Å². The van der Waals surface area contributed by atoms with Gasteiger partial charge in [-0.1, -0.05) is 11.3 Å². The molecule has 2 aliphatic rings. The number of aromatic nitrogens is 1. The molecule has 7 nitrogen and oxygen atoms in total. The Morgan fingerprint density at radius 3 is 2.80 bits per heavy atom. The molecule has 1 aliphatic heterocycles. The van der Waals surface area contributed by atoms with E-state index in [-0.39, 0.29) is 24.8 Å². The minimum absolute atomic E-state index is 0.102. The van der Waals surface area contributed by atoms with Gasteiger partial charge in [-0.15, -0.1) is 0 Å². The summed E-state index contributed by atoms with van der Waals surface area (Å²) in [6.07, 6.45) is 5.22. The van der Waals surface area contributed by atoms with Crippen molar-refractivity contribution < 1.29 is 19.0 Å². The number of carbonyl (C=O) groups excluding carboxylic acids is 1. The number of anilines is 1. The van der Waals surface area contributed by atoms with Crippen molar-refractivity contribution in [3.05, 3.63) is 29.3 Å². The van der Waals surface area contributed by atoms with Gasteiger partial charge in [0.15, 0.2) is 16.6 Å². The van der Waals surface area contributed by atoms with Crippen LogP contribution in [0.3, 0.4) is 0 Å². The molecule has 0 bridgehead atoms. The highest BCUT2D eigenvalue weighted by Gasteiger charge is 2.25. The lowest BCUT2D eigenvalue weighted by molar-refractivity contribution is 0.0897. The highest BCUT2D eigenvalue weighted by molar-refractivity contribution is 7.17. The number of fused-ring (bicyclic) bond motifs is 1. The van der Waals surface area contributed by atoms with Crippen LogP contribution in [0.1, 0.15) is 35.4 Å². The number of benzene rings is 1. The second kappa shape index (κ2) is 6.79. The van der Waals surface area contributed by atoms with Crippen molar-refractivity contribution in [2.24, 2.45) is 0 Å². The smallest absolute Gasteiger partial charge is 0.263 e. The molecule has 0 saturated heterocycles. The molecular formula is C17H19N3O4S. The number of ether oxygens (including phenoxy) is 3. The van der Waals surface area contributed by atoms with Gasteiger partial charge >= 0.3 is 0 Å². The fourth-order valence-corrected chi connectivity index (χ4v) is 3.70. The molecule has 2 aromatic rings. The zero-order valence-electron chi connectivity index (χ0n) is 13.6. The van der Waals surface area contributed by atoms with Gasteiger partial charge in [0.2, 0.25) is 6.79 Å². The molecule has 0 spiro atoms. The summed E-state index contributed by atoms with van der Waals surface area (Å²) in [5, 5.41) is 3.46. The van der Waals surface area contributed by atoms with Crippen LogP contribution in [0.25, 0.3) is 0 Å². The molecule has 1 aromatic heterocycles. The van der Waals surface area contributed by atoms with E-state index in [0.29, 0.717) is 10.0 Å². The van der Waals surface area contributed by atoms with Crippen molar-refractivity contribution in [1.82, 2.24) is 10.3 Å². The number of thiazole rings is 1. The maximum absolute atomic E-state index is 12.2. The van der Waals surface area contributed by atoms with Crippen molar-refractivity contribution >= 4 is 22.4 Å². The maximum Gasteiger partial charge on any atom is 0.263 e. The van der Waals surface area contributed by atoms with Gasteiger partial charge in [0.05, 0.1) is 12.3 Å². The van der Waals surface area contributed by atoms with Crippen LogP contribution in [0.4, 0.5) is 5.13 Å². The second-order valence-corrected chi connectivity index (χ2v) is 7.20. The van der Waals surface area contributed by atoms with E-state index in [9.17, 15) is 4.79 Å². The number of nitrogen functional groups attached to an aromatic ring is 1. The Morgan fingerprint density at radius 1 is 1.24 bits per heavy atom. The second-order valence-electron chi connectivity index (χ2n) is 6.14. The lowest BCUT2D eigenvalue weighted by Crippen LogP contribution is -2.39. The monoisotopic (exact) mass is 361 g/mol. The summed E-state index contributed by atoms with van der Waals surface area (Å²) in [6.45, 7) is 0.259. The number of rotatable bonds is 4. The summed E-state index contributed by atoms with van der Waals surface area (Å²) in [6, 6.07) is 5.79. The first-order chi connectivity index (χ1) is 12.2. The van der Waals surface area contributed by atoms with Crippen LogP contribution in [0.15, 0.2) is 24.4 Å². The summed E-state index contributed by atoms with van der Waals surface area (Å²) in [4.78, 5) is 16.6. The molecule has 2 heterocycles. The first kappa shape index (κ1) is 16.0. The number of nitrogens with one attached hydrogen (secondary N) is 1. The van der Waals surface area contributed by atoms with E-state index in [1.807, 2.05) is 18.2 Å². The summed E-state index contributed by atoms with van der Waals surface area (Å²) in [5.41, 5.74) is 5.57. The molecule has 1 aliphatic carbocycles. The van der Waals surface area contributed by atoms with Crippen LogP contribution < -0.4 is 25.3 Å². The molecule has 0 radical (unpaired) electrons. The highest BCUT2D eigenvalue weighted by atomic mass is 32.1. The summed E-state index contributed by atoms with van der Waals surface area (Å²) >= 11 is 1.20. The van der Waals surface area contributed by atoms with E-state index < -0.39 is 0 Å². The molecule has 0 unspecified atom stereocenters. The number of hydrogen-bond acceptors (Lipinski definition) is 7. The lowest BCUT2D eigenvalue weighted by Gasteiger charge is -2.29. The first-order valence-corrected chi connectivity index (χ1v) is 9.07. The van der Waals surface area contributed by atoms with E-state index in [2.05, 4.69) is 10.3 Å². The van der Waals surface area contributed by atoms with E-state index in [1.165, 1.54) is 17.5 Å².